The van der Waals surface area contributed by atoms with Gasteiger partial charge >= 0.3 is 0 Å². The van der Waals surface area contributed by atoms with Gasteiger partial charge in [0.15, 0.2) is 0 Å². The highest BCUT2D eigenvalue weighted by atomic mass is 16.2. The van der Waals surface area contributed by atoms with Crippen LogP contribution in [0.25, 0.3) is 0 Å². The Balaban J connectivity index is 2.59. The van der Waals surface area contributed by atoms with Gasteiger partial charge in [0.25, 0.3) is 0 Å². The summed E-state index contributed by atoms with van der Waals surface area (Å²) in [5.74, 6) is -0.392. The van der Waals surface area contributed by atoms with Gasteiger partial charge in [0.1, 0.15) is 6.04 Å². The van der Waals surface area contributed by atoms with Crippen LogP contribution in [0.15, 0.2) is 0 Å². The minimum Gasteiger partial charge on any atom is -0.368 e. The lowest BCUT2D eigenvalue weighted by Gasteiger charge is -2.20. The van der Waals surface area contributed by atoms with Crippen molar-refractivity contribution in [3.05, 3.63) is 0 Å². The first-order valence-corrected chi connectivity index (χ1v) is 3.71. The van der Waals surface area contributed by atoms with Gasteiger partial charge in [-0.3, -0.25) is 9.59 Å². The lowest BCUT2D eigenvalue weighted by molar-refractivity contribution is -0.135. The third-order valence-electron chi connectivity index (χ3n) is 1.99. The Kier molecular flexibility index (Phi) is 2.12. The maximum absolute atomic E-state index is 11.0. The van der Waals surface area contributed by atoms with Gasteiger partial charge in [-0.1, -0.05) is 0 Å². The number of likely N-dealkylation sites (tertiary alicyclic amines) is 1. The molecule has 2 N–H and O–H groups in total. The van der Waals surface area contributed by atoms with E-state index in [9.17, 15) is 9.59 Å². The van der Waals surface area contributed by atoms with Crippen molar-refractivity contribution >= 4 is 11.8 Å². The molecule has 11 heavy (non-hydrogen) atoms. The van der Waals surface area contributed by atoms with Gasteiger partial charge in [-0.2, -0.15) is 0 Å². The Bertz CT molecular complexity index is 191. The van der Waals surface area contributed by atoms with E-state index in [1.807, 2.05) is 0 Å². The van der Waals surface area contributed by atoms with Crippen LogP contribution < -0.4 is 5.73 Å². The molecule has 4 nitrogen and oxygen atoms in total. The van der Waals surface area contributed by atoms with Crippen LogP contribution in [0.3, 0.4) is 0 Å². The maximum Gasteiger partial charge on any atom is 0.239 e. The van der Waals surface area contributed by atoms with Gasteiger partial charge < -0.3 is 10.6 Å². The molecule has 0 aromatic rings. The molecule has 1 atom stereocenters. The van der Waals surface area contributed by atoms with E-state index in [-0.39, 0.29) is 5.91 Å². The minimum atomic E-state index is -0.440. The van der Waals surface area contributed by atoms with Crippen LogP contribution in [0.1, 0.15) is 19.8 Å². The highest BCUT2D eigenvalue weighted by Crippen LogP contribution is 2.12. The molecule has 1 aliphatic rings. The molecule has 0 bridgehead atoms. The number of nitrogens with zero attached hydrogens (tertiary/aromatic N) is 1. The average molecular weight is 156 g/mol. The summed E-state index contributed by atoms with van der Waals surface area (Å²) in [6, 6.07) is -0.440. The zero-order valence-electron chi connectivity index (χ0n) is 6.54. The van der Waals surface area contributed by atoms with Crippen LogP contribution in [0, 0.1) is 0 Å². The third-order valence-corrected chi connectivity index (χ3v) is 1.99. The van der Waals surface area contributed by atoms with Crippen molar-refractivity contribution < 1.29 is 9.59 Å². The Morgan fingerprint density at radius 3 is 2.73 bits per heavy atom. The summed E-state index contributed by atoms with van der Waals surface area (Å²) in [5.41, 5.74) is 5.05. The second-order valence-electron chi connectivity index (χ2n) is 2.77. The Morgan fingerprint density at radius 2 is 2.36 bits per heavy atom. The standard InChI is InChI=1S/C7H12N2O2/c1-5(7(8)11)9-4-2-3-6(9)10/h5H,2-4H2,1H3,(H2,8,11)/t5-/m0/s1. The van der Waals surface area contributed by atoms with Gasteiger partial charge in [-0.15, -0.1) is 0 Å². The number of primary amides is 1. The van der Waals surface area contributed by atoms with E-state index in [1.165, 1.54) is 4.90 Å². The van der Waals surface area contributed by atoms with Gasteiger partial charge in [0, 0.05) is 13.0 Å². The predicted molar refractivity (Wildman–Crippen MR) is 39.6 cm³/mol. The van der Waals surface area contributed by atoms with E-state index in [0.29, 0.717) is 13.0 Å². The molecule has 1 fully saturated rings. The van der Waals surface area contributed by atoms with E-state index < -0.39 is 11.9 Å². The van der Waals surface area contributed by atoms with Crippen molar-refractivity contribution in [3.8, 4) is 0 Å². The molecule has 2 amide bonds. The zero-order valence-corrected chi connectivity index (χ0v) is 6.54. The van der Waals surface area contributed by atoms with Crippen molar-refractivity contribution in [2.75, 3.05) is 6.54 Å². The summed E-state index contributed by atoms with van der Waals surface area (Å²) in [5, 5.41) is 0. The first kappa shape index (κ1) is 8.04. The number of carbonyl (C=O) groups is 2. The normalized spacial score (nSPS) is 20.5. The number of hydrogen-bond acceptors (Lipinski definition) is 2. The summed E-state index contributed by atoms with van der Waals surface area (Å²) in [6.07, 6.45) is 1.40. The van der Waals surface area contributed by atoms with E-state index in [4.69, 9.17) is 5.73 Å². The van der Waals surface area contributed by atoms with Crippen LogP contribution in [0.5, 0.6) is 0 Å². The molecule has 0 saturated carbocycles. The van der Waals surface area contributed by atoms with Crippen molar-refractivity contribution in [3.63, 3.8) is 0 Å². The molecule has 0 aromatic carbocycles. The molecule has 0 spiro atoms. The fraction of sp³-hybridized carbons (Fsp3) is 0.714. The molecule has 4 heteroatoms. The van der Waals surface area contributed by atoms with Gasteiger partial charge in [-0.25, -0.2) is 0 Å². The summed E-state index contributed by atoms with van der Waals surface area (Å²) in [4.78, 5) is 23.2. The minimum absolute atomic E-state index is 0.0382. The lowest BCUT2D eigenvalue weighted by Crippen LogP contribution is -2.43. The highest BCUT2D eigenvalue weighted by Gasteiger charge is 2.27. The summed E-state index contributed by atoms with van der Waals surface area (Å²) >= 11 is 0. The first-order chi connectivity index (χ1) is 5.13. The summed E-state index contributed by atoms with van der Waals surface area (Å²) in [6.45, 7) is 2.33. The van der Waals surface area contributed by atoms with E-state index in [2.05, 4.69) is 0 Å². The van der Waals surface area contributed by atoms with Crippen LogP contribution in [-0.4, -0.2) is 29.3 Å². The molecule has 0 radical (unpaired) electrons. The predicted octanol–water partition coefficient (Wildman–Crippen LogP) is -0.517. The van der Waals surface area contributed by atoms with Crippen LogP contribution in [0.4, 0.5) is 0 Å². The Labute approximate surface area is 65.3 Å². The highest BCUT2D eigenvalue weighted by molar-refractivity contribution is 5.87. The zero-order chi connectivity index (χ0) is 8.43. The van der Waals surface area contributed by atoms with E-state index >= 15 is 0 Å². The molecule has 62 valence electrons. The molecular weight excluding hydrogens is 144 g/mol. The van der Waals surface area contributed by atoms with Gasteiger partial charge in [0.2, 0.25) is 11.8 Å². The van der Waals surface area contributed by atoms with Crippen LogP contribution in [0.2, 0.25) is 0 Å². The summed E-state index contributed by atoms with van der Waals surface area (Å²) in [7, 11) is 0. The molecule has 1 saturated heterocycles. The van der Waals surface area contributed by atoms with Gasteiger partial charge in [0.05, 0.1) is 0 Å². The van der Waals surface area contributed by atoms with Crippen LogP contribution >= 0.6 is 0 Å². The molecular formula is C7H12N2O2. The van der Waals surface area contributed by atoms with Crippen molar-refractivity contribution in [2.45, 2.75) is 25.8 Å². The van der Waals surface area contributed by atoms with Crippen molar-refractivity contribution in [1.29, 1.82) is 0 Å². The number of rotatable bonds is 2. The maximum atomic E-state index is 11.0. The average Bonchev–Trinajstić information content (AvgIpc) is 2.33. The van der Waals surface area contributed by atoms with E-state index in [0.717, 1.165) is 6.42 Å². The topological polar surface area (TPSA) is 63.4 Å². The molecule has 0 unspecified atom stereocenters. The number of amides is 2. The Morgan fingerprint density at radius 1 is 1.73 bits per heavy atom. The molecule has 0 aliphatic carbocycles. The number of hydrogen-bond donors (Lipinski definition) is 1. The summed E-state index contributed by atoms with van der Waals surface area (Å²) < 4.78 is 0. The second-order valence-corrected chi connectivity index (χ2v) is 2.77. The van der Waals surface area contributed by atoms with E-state index in [1.54, 1.807) is 6.92 Å². The fourth-order valence-corrected chi connectivity index (χ4v) is 1.23. The largest absolute Gasteiger partial charge is 0.368 e. The molecule has 1 heterocycles. The SMILES string of the molecule is C[C@@H](C(N)=O)N1CCCC1=O. The van der Waals surface area contributed by atoms with Gasteiger partial charge in [-0.05, 0) is 13.3 Å². The van der Waals surface area contributed by atoms with Crippen molar-refractivity contribution in [2.24, 2.45) is 5.73 Å². The smallest absolute Gasteiger partial charge is 0.239 e. The Hall–Kier alpha value is -1.06. The lowest BCUT2D eigenvalue weighted by atomic mass is 10.3. The third kappa shape index (κ3) is 1.50. The first-order valence-electron chi connectivity index (χ1n) is 3.71. The second kappa shape index (κ2) is 2.90. The molecule has 0 aromatic heterocycles. The molecule has 1 rings (SSSR count). The number of nitrogens with two attached hydrogens (primary N) is 1. The monoisotopic (exact) mass is 156 g/mol. The van der Waals surface area contributed by atoms with Crippen LogP contribution in [-0.2, 0) is 9.59 Å². The number of carbonyl (C=O) groups excluding carboxylic acids is 2. The quantitative estimate of drug-likeness (QED) is 0.584. The fourth-order valence-electron chi connectivity index (χ4n) is 1.23. The van der Waals surface area contributed by atoms with Crippen molar-refractivity contribution in [1.82, 2.24) is 4.90 Å². The molecule has 1 aliphatic heterocycles.